The van der Waals surface area contributed by atoms with Gasteiger partial charge in [-0.1, -0.05) is 31.1 Å². The minimum atomic E-state index is -1.15. The number of ketones is 1. The number of anilines is 1. The second kappa shape index (κ2) is 7.61. The van der Waals surface area contributed by atoms with Crippen molar-refractivity contribution in [2.75, 3.05) is 25.6 Å². The first-order valence-electron chi connectivity index (χ1n) is 11.8. The standard InChI is InChI=1S/C28H33NO3/c1-5-28(31)15-14-24-23-12-8-19-16-21(30)11-13-22(19)25(23)26(32-17-27(24,28)2)18-6-9-20(10-7-18)29(3)4/h1,6-10,23-24,26,31H,11-17H2,2-4H3/t23?,24?,26-,27+,28+/m1/s1. The first kappa shape index (κ1) is 21.5. The molecule has 0 radical (unpaired) electrons. The van der Waals surface area contributed by atoms with Gasteiger partial charge in [0.1, 0.15) is 17.5 Å². The van der Waals surface area contributed by atoms with Crippen LogP contribution in [-0.2, 0) is 9.53 Å². The second-order valence-corrected chi connectivity index (χ2v) is 10.5. The van der Waals surface area contributed by atoms with E-state index in [1.54, 1.807) is 0 Å². The van der Waals surface area contributed by atoms with Crippen molar-refractivity contribution < 1.29 is 14.6 Å². The third-order valence-electron chi connectivity index (χ3n) is 8.64. The fourth-order valence-electron chi connectivity index (χ4n) is 6.66. The topological polar surface area (TPSA) is 49.8 Å². The number of nitrogens with zero attached hydrogens (tertiary/aromatic N) is 1. The molecular formula is C28H33NO3. The van der Waals surface area contributed by atoms with Crippen molar-refractivity contribution in [1.82, 2.24) is 0 Å². The number of rotatable bonds is 2. The van der Waals surface area contributed by atoms with Gasteiger partial charge >= 0.3 is 0 Å². The van der Waals surface area contributed by atoms with Crippen molar-refractivity contribution >= 4 is 11.5 Å². The van der Waals surface area contributed by atoms with E-state index in [0.29, 0.717) is 31.7 Å². The Balaban J connectivity index is 1.64. The van der Waals surface area contributed by atoms with Crippen molar-refractivity contribution in [3.05, 3.63) is 52.6 Å². The van der Waals surface area contributed by atoms with Crippen LogP contribution in [0.2, 0.25) is 0 Å². The van der Waals surface area contributed by atoms with Gasteiger partial charge in [-0.3, -0.25) is 4.79 Å². The molecule has 1 aromatic carbocycles. The zero-order valence-electron chi connectivity index (χ0n) is 19.4. The zero-order valence-corrected chi connectivity index (χ0v) is 19.4. The van der Waals surface area contributed by atoms with Crippen molar-refractivity contribution in [2.24, 2.45) is 17.3 Å². The van der Waals surface area contributed by atoms with Crippen molar-refractivity contribution in [1.29, 1.82) is 0 Å². The number of hydrogen-bond donors (Lipinski definition) is 1. The number of fused-ring (bicyclic) bond motifs is 4. The van der Waals surface area contributed by atoms with Crippen LogP contribution in [0.15, 0.2) is 47.1 Å². The van der Waals surface area contributed by atoms with Crippen LogP contribution in [0.4, 0.5) is 5.69 Å². The molecule has 1 saturated heterocycles. The van der Waals surface area contributed by atoms with E-state index >= 15 is 0 Å². The van der Waals surface area contributed by atoms with Crippen molar-refractivity contribution in [2.45, 2.75) is 57.2 Å². The molecule has 0 spiro atoms. The monoisotopic (exact) mass is 431 g/mol. The molecule has 1 aliphatic heterocycles. The molecule has 2 saturated carbocycles. The molecule has 0 aromatic heterocycles. The van der Waals surface area contributed by atoms with Gasteiger partial charge in [-0.25, -0.2) is 0 Å². The minimum absolute atomic E-state index is 0.174. The Kier molecular flexibility index (Phi) is 5.11. The highest BCUT2D eigenvalue weighted by Gasteiger charge is 2.60. The average Bonchev–Trinajstić information content (AvgIpc) is 2.96. The van der Waals surface area contributed by atoms with Gasteiger partial charge in [0.15, 0.2) is 0 Å². The summed E-state index contributed by atoms with van der Waals surface area (Å²) in [5, 5.41) is 11.4. The Labute approximate surface area is 191 Å². The molecular weight excluding hydrogens is 398 g/mol. The SMILES string of the molecule is C#C[C@]1(O)CCC2C3CC=C4CC(=O)CCC4=C3[C@@H](c3ccc(N(C)C)cc3)OC[C@@]21C. The third kappa shape index (κ3) is 3.10. The molecule has 0 amide bonds. The molecule has 1 heterocycles. The predicted octanol–water partition coefficient (Wildman–Crippen LogP) is 4.60. The molecule has 4 heteroatoms. The van der Waals surface area contributed by atoms with Gasteiger partial charge in [0, 0.05) is 38.0 Å². The fourth-order valence-corrected chi connectivity index (χ4v) is 6.66. The molecule has 1 N–H and O–H groups in total. The van der Waals surface area contributed by atoms with Crippen LogP contribution < -0.4 is 4.90 Å². The number of carbonyl (C=O) groups excluding carboxylic acids is 1. The Morgan fingerprint density at radius 1 is 1.22 bits per heavy atom. The third-order valence-corrected chi connectivity index (χ3v) is 8.64. The average molecular weight is 432 g/mol. The van der Waals surface area contributed by atoms with Crippen LogP contribution in [0, 0.1) is 29.6 Å². The summed E-state index contributed by atoms with van der Waals surface area (Å²) in [5.74, 6) is 3.59. The fraction of sp³-hybridized carbons (Fsp3) is 0.536. The number of benzene rings is 1. The summed E-state index contributed by atoms with van der Waals surface area (Å²) < 4.78 is 6.71. The number of Topliss-reactive ketones (excluding diaryl/α,β-unsaturated/α-hetero) is 1. The highest BCUT2D eigenvalue weighted by molar-refractivity contribution is 5.84. The molecule has 0 bridgehead atoms. The van der Waals surface area contributed by atoms with E-state index < -0.39 is 11.0 Å². The number of allylic oxidation sites excluding steroid dienone is 3. The molecule has 168 valence electrons. The van der Waals surface area contributed by atoms with Gasteiger partial charge in [-0.15, -0.1) is 6.42 Å². The van der Waals surface area contributed by atoms with E-state index in [1.165, 1.54) is 16.7 Å². The molecule has 4 aliphatic rings. The molecule has 2 unspecified atom stereocenters. The maximum atomic E-state index is 12.2. The first-order valence-corrected chi connectivity index (χ1v) is 11.8. The molecule has 3 aliphatic carbocycles. The van der Waals surface area contributed by atoms with E-state index in [9.17, 15) is 9.90 Å². The summed E-state index contributed by atoms with van der Waals surface area (Å²) in [5.41, 5.74) is 4.49. The van der Waals surface area contributed by atoms with Crippen LogP contribution in [0.5, 0.6) is 0 Å². The van der Waals surface area contributed by atoms with Crippen LogP contribution in [0.25, 0.3) is 0 Å². The lowest BCUT2D eigenvalue weighted by Gasteiger charge is -2.42. The van der Waals surface area contributed by atoms with Gasteiger partial charge < -0.3 is 14.7 Å². The summed E-state index contributed by atoms with van der Waals surface area (Å²) in [6.45, 7) is 2.55. The van der Waals surface area contributed by atoms with Crippen LogP contribution >= 0.6 is 0 Å². The van der Waals surface area contributed by atoms with E-state index in [0.717, 1.165) is 30.5 Å². The summed E-state index contributed by atoms with van der Waals surface area (Å²) in [4.78, 5) is 14.3. The second-order valence-electron chi connectivity index (χ2n) is 10.5. The Morgan fingerprint density at radius 3 is 2.66 bits per heavy atom. The highest BCUT2D eigenvalue weighted by Crippen LogP contribution is 2.61. The van der Waals surface area contributed by atoms with Crippen LogP contribution in [0.1, 0.15) is 57.1 Å². The summed E-state index contributed by atoms with van der Waals surface area (Å²) in [6, 6.07) is 8.59. The molecule has 5 rings (SSSR count). The van der Waals surface area contributed by atoms with Gasteiger partial charge in [-0.05, 0) is 71.9 Å². The van der Waals surface area contributed by atoms with Gasteiger partial charge in [-0.2, -0.15) is 0 Å². The van der Waals surface area contributed by atoms with Gasteiger partial charge in [0.05, 0.1) is 6.61 Å². The minimum Gasteiger partial charge on any atom is -0.378 e. The van der Waals surface area contributed by atoms with Gasteiger partial charge in [0.2, 0.25) is 0 Å². The molecule has 1 aromatic rings. The largest absolute Gasteiger partial charge is 0.378 e. The zero-order chi connectivity index (χ0) is 22.7. The maximum absolute atomic E-state index is 12.2. The van der Waals surface area contributed by atoms with E-state index in [-0.39, 0.29) is 17.9 Å². The van der Waals surface area contributed by atoms with Gasteiger partial charge in [0.25, 0.3) is 0 Å². The molecule has 32 heavy (non-hydrogen) atoms. The maximum Gasteiger partial charge on any atom is 0.137 e. The number of hydrogen-bond acceptors (Lipinski definition) is 4. The Hall–Kier alpha value is -2.35. The smallest absolute Gasteiger partial charge is 0.137 e. The summed E-state index contributed by atoms with van der Waals surface area (Å²) in [6.07, 6.45) is 12.3. The Bertz CT molecular complexity index is 1040. The number of ether oxygens (including phenoxy) is 1. The molecule has 4 nitrogen and oxygen atoms in total. The van der Waals surface area contributed by atoms with Crippen molar-refractivity contribution in [3.8, 4) is 12.3 Å². The lowest BCUT2D eigenvalue weighted by atomic mass is 9.62. The highest BCUT2D eigenvalue weighted by atomic mass is 16.5. The van der Waals surface area contributed by atoms with Crippen LogP contribution in [-0.4, -0.2) is 37.2 Å². The van der Waals surface area contributed by atoms with E-state index in [4.69, 9.17) is 11.2 Å². The normalized spacial score (nSPS) is 36.4. The number of aliphatic hydroxyl groups is 1. The first-order chi connectivity index (χ1) is 15.3. The van der Waals surface area contributed by atoms with E-state index in [1.807, 2.05) is 14.1 Å². The Morgan fingerprint density at radius 2 is 1.97 bits per heavy atom. The van der Waals surface area contributed by atoms with Crippen molar-refractivity contribution in [3.63, 3.8) is 0 Å². The molecule has 3 fully saturated rings. The lowest BCUT2D eigenvalue weighted by molar-refractivity contribution is -0.118. The van der Waals surface area contributed by atoms with E-state index in [2.05, 4.69) is 48.1 Å². The summed E-state index contributed by atoms with van der Waals surface area (Å²) in [7, 11) is 4.08. The lowest BCUT2D eigenvalue weighted by Crippen LogP contribution is -2.48. The van der Waals surface area contributed by atoms with Crippen LogP contribution in [0.3, 0.4) is 0 Å². The molecule has 5 atom stereocenters. The number of carbonyl (C=O) groups is 1. The predicted molar refractivity (Wildman–Crippen MR) is 126 cm³/mol. The number of terminal acetylenes is 1. The summed E-state index contributed by atoms with van der Waals surface area (Å²) >= 11 is 0. The quantitative estimate of drug-likeness (QED) is 0.696.